The molecule has 0 saturated heterocycles. The summed E-state index contributed by atoms with van der Waals surface area (Å²) in [6.45, 7) is 0. The van der Waals surface area contributed by atoms with Crippen molar-refractivity contribution in [1.82, 2.24) is 0 Å². The van der Waals surface area contributed by atoms with Crippen molar-refractivity contribution in [3.63, 3.8) is 0 Å². The second-order valence-corrected chi connectivity index (χ2v) is 6.16. The van der Waals surface area contributed by atoms with Gasteiger partial charge in [-0.05, 0) is 0 Å². The molecule has 0 spiro atoms. The zero-order valence-corrected chi connectivity index (χ0v) is 12.2. The van der Waals surface area contributed by atoms with Crippen LogP contribution in [0.4, 0.5) is 0 Å². The van der Waals surface area contributed by atoms with E-state index in [1.165, 1.54) is 23.5 Å². The molecule has 2 rings (SSSR count). The zero-order chi connectivity index (χ0) is 15.6. The Hall–Kier alpha value is -1.74. The van der Waals surface area contributed by atoms with Gasteiger partial charge in [0.25, 0.3) is 0 Å². The molecule has 0 aromatic carbocycles. The number of ether oxygens (including phenoxy) is 1. The van der Waals surface area contributed by atoms with Crippen molar-refractivity contribution in [3.05, 3.63) is 22.3 Å². The number of carboxylic acids is 2. The summed E-state index contributed by atoms with van der Waals surface area (Å²) in [7, 11) is 0. The summed E-state index contributed by atoms with van der Waals surface area (Å²) in [6.07, 6.45) is 0. The molecule has 9 heteroatoms. The van der Waals surface area contributed by atoms with E-state index in [9.17, 15) is 19.2 Å². The highest BCUT2D eigenvalue weighted by atomic mass is 32.2. The first-order valence-corrected chi connectivity index (χ1v) is 8.05. The lowest BCUT2D eigenvalue weighted by Gasteiger charge is -2.05. The van der Waals surface area contributed by atoms with E-state index in [0.717, 1.165) is 0 Å². The molecule has 0 aromatic heterocycles. The maximum absolute atomic E-state index is 11.8. The first kappa shape index (κ1) is 15.6. The van der Waals surface area contributed by atoms with Crippen molar-refractivity contribution in [2.75, 3.05) is 23.0 Å². The van der Waals surface area contributed by atoms with Crippen LogP contribution < -0.4 is 0 Å². The third-order valence-electron chi connectivity index (χ3n) is 2.91. The molecule has 0 unspecified atom stereocenters. The Kier molecular flexibility index (Phi) is 4.73. The van der Waals surface area contributed by atoms with Gasteiger partial charge in [0.05, 0.1) is 22.3 Å². The largest absolute Gasteiger partial charge is 0.478 e. The summed E-state index contributed by atoms with van der Waals surface area (Å²) >= 11 is 2.47. The molecular formula is C12H10O7S2. The molecule has 0 saturated carbocycles. The minimum atomic E-state index is -1.22. The predicted octanol–water partition coefficient (Wildman–Crippen LogP) is 0.312. The van der Waals surface area contributed by atoms with Gasteiger partial charge >= 0.3 is 23.9 Å². The first-order valence-electron chi connectivity index (χ1n) is 5.74. The first-order chi connectivity index (χ1) is 9.91. The summed E-state index contributed by atoms with van der Waals surface area (Å²) in [6, 6.07) is 0. The quantitative estimate of drug-likeness (QED) is 0.554. The van der Waals surface area contributed by atoms with E-state index in [1.807, 2.05) is 0 Å². The van der Waals surface area contributed by atoms with Gasteiger partial charge in [0.15, 0.2) is 0 Å². The van der Waals surface area contributed by atoms with Gasteiger partial charge in [-0.15, -0.1) is 0 Å². The van der Waals surface area contributed by atoms with Crippen LogP contribution in [0.25, 0.3) is 0 Å². The molecule has 2 aliphatic rings. The number of esters is 2. The fraction of sp³-hybridized carbons (Fsp3) is 0.333. The molecule has 0 amide bonds. The van der Waals surface area contributed by atoms with E-state index in [4.69, 9.17) is 10.2 Å². The van der Waals surface area contributed by atoms with Crippen molar-refractivity contribution in [3.8, 4) is 0 Å². The molecule has 2 N–H and O–H groups in total. The molecule has 0 aliphatic carbocycles. The van der Waals surface area contributed by atoms with Crippen LogP contribution in [0.15, 0.2) is 22.3 Å². The number of rotatable bonds is 4. The summed E-state index contributed by atoms with van der Waals surface area (Å²) < 4.78 is 4.63. The maximum atomic E-state index is 11.8. The smallest absolute Gasteiger partial charge is 0.343 e. The third-order valence-corrected chi connectivity index (χ3v) is 4.88. The lowest BCUT2D eigenvalue weighted by atomic mass is 10.1. The molecule has 0 radical (unpaired) electrons. The Morgan fingerprint density at radius 2 is 1.05 bits per heavy atom. The van der Waals surface area contributed by atoms with Gasteiger partial charge in [0.1, 0.15) is 0 Å². The molecule has 0 aromatic rings. The van der Waals surface area contributed by atoms with Gasteiger partial charge < -0.3 is 14.9 Å². The van der Waals surface area contributed by atoms with Gasteiger partial charge in [0.2, 0.25) is 0 Å². The summed E-state index contributed by atoms with van der Waals surface area (Å²) in [5, 5.41) is 17.9. The number of thioether (sulfide) groups is 2. The molecule has 7 nitrogen and oxygen atoms in total. The second-order valence-electron chi connectivity index (χ2n) is 4.19. The molecule has 2 heterocycles. The number of carbonyl (C=O) groups is 4. The van der Waals surface area contributed by atoms with Crippen molar-refractivity contribution < 1.29 is 34.1 Å². The third kappa shape index (κ3) is 3.30. The van der Waals surface area contributed by atoms with Crippen LogP contribution in [0.5, 0.6) is 0 Å². The highest BCUT2D eigenvalue weighted by molar-refractivity contribution is 8.00. The van der Waals surface area contributed by atoms with E-state index >= 15 is 0 Å². The topological polar surface area (TPSA) is 118 Å². The number of carbonyl (C=O) groups excluding carboxylic acids is 2. The fourth-order valence-electron chi connectivity index (χ4n) is 1.81. The highest BCUT2D eigenvalue weighted by Crippen LogP contribution is 2.28. The Bertz CT molecular complexity index is 551. The van der Waals surface area contributed by atoms with Crippen LogP contribution in [0.3, 0.4) is 0 Å². The molecule has 0 fully saturated rings. The monoisotopic (exact) mass is 330 g/mol. The van der Waals surface area contributed by atoms with Crippen LogP contribution in [-0.4, -0.2) is 57.1 Å². The number of hydrogen-bond acceptors (Lipinski definition) is 7. The van der Waals surface area contributed by atoms with Crippen LogP contribution >= 0.6 is 23.5 Å². The standard InChI is InChI=1S/C12H10O7S2/c13-9(14)5-1-20-3-7(5)11(17)19-12(18)8-4-21-2-6(8)10(15)16/h1-4H2,(H,13,14)(H,15,16). The van der Waals surface area contributed by atoms with Gasteiger partial charge in [-0.2, -0.15) is 23.5 Å². The Labute approximate surface area is 127 Å². The highest BCUT2D eigenvalue weighted by Gasteiger charge is 2.32. The van der Waals surface area contributed by atoms with Gasteiger partial charge in [0, 0.05) is 23.0 Å². The zero-order valence-electron chi connectivity index (χ0n) is 10.6. The summed E-state index contributed by atoms with van der Waals surface area (Å²) in [4.78, 5) is 45.6. The van der Waals surface area contributed by atoms with Crippen LogP contribution in [0.1, 0.15) is 0 Å². The summed E-state index contributed by atoms with van der Waals surface area (Å²) in [5.41, 5.74) is -0.259. The molecule has 0 bridgehead atoms. The minimum absolute atomic E-state index is 0.0519. The van der Waals surface area contributed by atoms with Gasteiger partial charge in [-0.3, -0.25) is 0 Å². The van der Waals surface area contributed by atoms with E-state index in [2.05, 4.69) is 4.74 Å². The lowest BCUT2D eigenvalue weighted by molar-refractivity contribution is -0.154. The van der Waals surface area contributed by atoms with Crippen LogP contribution in [-0.2, 0) is 23.9 Å². The average Bonchev–Trinajstić information content (AvgIpc) is 3.07. The van der Waals surface area contributed by atoms with E-state index < -0.39 is 23.9 Å². The van der Waals surface area contributed by atoms with E-state index in [-0.39, 0.29) is 45.3 Å². The SMILES string of the molecule is O=C(O)C1=C(C(=O)OC(=O)C2=C(C(=O)O)CSC2)CSC1. The normalized spacial score (nSPS) is 18.1. The van der Waals surface area contributed by atoms with E-state index in [0.29, 0.717) is 0 Å². The molecule has 112 valence electrons. The fourth-order valence-corrected chi connectivity index (χ4v) is 4.01. The number of carboxylic acid groups (broad SMARTS) is 2. The van der Waals surface area contributed by atoms with Crippen LogP contribution in [0, 0.1) is 0 Å². The number of aliphatic carboxylic acids is 2. The van der Waals surface area contributed by atoms with Crippen molar-refractivity contribution in [1.29, 1.82) is 0 Å². The Balaban J connectivity index is 2.15. The molecule has 21 heavy (non-hydrogen) atoms. The van der Waals surface area contributed by atoms with Crippen molar-refractivity contribution in [2.24, 2.45) is 0 Å². The van der Waals surface area contributed by atoms with Crippen molar-refractivity contribution in [2.45, 2.75) is 0 Å². The minimum Gasteiger partial charge on any atom is -0.478 e. The summed E-state index contributed by atoms with van der Waals surface area (Å²) in [5.74, 6) is -3.81. The van der Waals surface area contributed by atoms with Crippen LogP contribution in [0.2, 0.25) is 0 Å². The average molecular weight is 330 g/mol. The molecule has 0 atom stereocenters. The van der Waals surface area contributed by atoms with E-state index in [1.54, 1.807) is 0 Å². The van der Waals surface area contributed by atoms with Gasteiger partial charge in [-0.1, -0.05) is 0 Å². The predicted molar refractivity (Wildman–Crippen MR) is 75.1 cm³/mol. The Morgan fingerprint density at radius 1 is 0.714 bits per heavy atom. The van der Waals surface area contributed by atoms with Crippen molar-refractivity contribution >= 4 is 47.4 Å². The lowest BCUT2D eigenvalue weighted by Crippen LogP contribution is -2.20. The molecular weight excluding hydrogens is 320 g/mol. The number of hydrogen-bond donors (Lipinski definition) is 2. The second kappa shape index (κ2) is 6.35. The maximum Gasteiger partial charge on any atom is 0.343 e. The van der Waals surface area contributed by atoms with Gasteiger partial charge in [-0.25, -0.2) is 19.2 Å². The molecule has 2 aliphatic heterocycles. The Morgan fingerprint density at radius 3 is 1.38 bits per heavy atom.